The number of aromatic hydroxyl groups is 1. The second kappa shape index (κ2) is 2.38. The quantitative estimate of drug-likeness (QED) is 0.683. The summed E-state index contributed by atoms with van der Waals surface area (Å²) in [5.41, 5.74) is 0.611. The lowest BCUT2D eigenvalue weighted by molar-refractivity contribution is 0.329. The van der Waals surface area contributed by atoms with Crippen molar-refractivity contribution < 1.29 is 9.52 Å². The molecule has 0 aliphatic rings. The van der Waals surface area contributed by atoms with Gasteiger partial charge in [0.1, 0.15) is 16.7 Å². The highest BCUT2D eigenvalue weighted by Crippen LogP contribution is 2.34. The van der Waals surface area contributed by atoms with Gasteiger partial charge in [-0.3, -0.25) is 4.98 Å². The van der Waals surface area contributed by atoms with Gasteiger partial charge in [-0.2, -0.15) is 0 Å². The van der Waals surface area contributed by atoms with Gasteiger partial charge >= 0.3 is 0 Å². The Morgan fingerprint density at radius 3 is 3.00 bits per heavy atom. The van der Waals surface area contributed by atoms with Crippen LogP contribution in [0.3, 0.4) is 0 Å². The van der Waals surface area contributed by atoms with Crippen LogP contribution in [0.5, 0.6) is 5.95 Å². The molecule has 2 rings (SSSR count). The summed E-state index contributed by atoms with van der Waals surface area (Å²) in [4.78, 5) is 4.02. The Bertz CT molecular complexity index is 436. The number of furan rings is 1. The zero-order valence-corrected chi connectivity index (χ0v) is 7.09. The Kier molecular flexibility index (Phi) is 1.48. The van der Waals surface area contributed by atoms with E-state index in [1.54, 1.807) is 19.2 Å². The fourth-order valence-corrected chi connectivity index (χ4v) is 1.38. The maximum atomic E-state index is 9.28. The van der Waals surface area contributed by atoms with Gasteiger partial charge in [0, 0.05) is 6.20 Å². The third-order valence-electron chi connectivity index (χ3n) is 1.70. The molecule has 1 N–H and O–H groups in total. The van der Waals surface area contributed by atoms with Gasteiger partial charge in [-0.1, -0.05) is 11.6 Å². The Morgan fingerprint density at radius 1 is 1.58 bits per heavy atom. The number of pyridine rings is 1. The molecule has 0 bridgehead atoms. The Morgan fingerprint density at radius 2 is 2.33 bits per heavy atom. The predicted molar refractivity (Wildman–Crippen MR) is 45.4 cm³/mol. The average molecular weight is 184 g/mol. The van der Waals surface area contributed by atoms with Crippen molar-refractivity contribution in [2.75, 3.05) is 0 Å². The van der Waals surface area contributed by atoms with Crippen LogP contribution in [0.25, 0.3) is 10.9 Å². The van der Waals surface area contributed by atoms with E-state index in [1.165, 1.54) is 0 Å². The average Bonchev–Trinajstić information content (AvgIpc) is 2.29. The van der Waals surface area contributed by atoms with Gasteiger partial charge in [0.05, 0.1) is 5.02 Å². The molecule has 0 fully saturated rings. The normalized spacial score (nSPS) is 10.8. The van der Waals surface area contributed by atoms with Crippen molar-refractivity contribution in [2.24, 2.45) is 0 Å². The fraction of sp³-hybridized carbons (Fsp3) is 0.125. The topological polar surface area (TPSA) is 46.3 Å². The van der Waals surface area contributed by atoms with Crippen LogP contribution in [0.4, 0.5) is 0 Å². The summed E-state index contributed by atoms with van der Waals surface area (Å²) in [6, 6.07) is 1.61. The van der Waals surface area contributed by atoms with Gasteiger partial charge < -0.3 is 9.52 Å². The molecule has 3 nitrogen and oxygen atoms in total. The molecule has 0 spiro atoms. The highest BCUT2D eigenvalue weighted by atomic mass is 35.5. The van der Waals surface area contributed by atoms with E-state index in [0.29, 0.717) is 21.7 Å². The van der Waals surface area contributed by atoms with Crippen LogP contribution < -0.4 is 0 Å². The van der Waals surface area contributed by atoms with Crippen LogP contribution >= 0.6 is 11.6 Å². The number of aromatic nitrogens is 1. The molecule has 0 aliphatic carbocycles. The van der Waals surface area contributed by atoms with Crippen LogP contribution in [-0.2, 0) is 0 Å². The molecule has 12 heavy (non-hydrogen) atoms. The Hall–Kier alpha value is -1.22. The van der Waals surface area contributed by atoms with Crippen molar-refractivity contribution in [3.05, 3.63) is 23.0 Å². The zero-order chi connectivity index (χ0) is 8.72. The summed E-state index contributed by atoms with van der Waals surface area (Å²) in [5, 5.41) is 10.2. The van der Waals surface area contributed by atoms with E-state index in [2.05, 4.69) is 4.98 Å². The molecular formula is C8H6ClNO2. The van der Waals surface area contributed by atoms with Crippen molar-refractivity contribution in [3.63, 3.8) is 0 Å². The van der Waals surface area contributed by atoms with Crippen molar-refractivity contribution in [1.29, 1.82) is 0 Å². The first-order valence-electron chi connectivity index (χ1n) is 3.42. The summed E-state index contributed by atoms with van der Waals surface area (Å²) in [6.45, 7) is 1.73. The smallest absolute Gasteiger partial charge is 0.293 e. The minimum Gasteiger partial charge on any atom is -0.480 e. The summed E-state index contributed by atoms with van der Waals surface area (Å²) < 4.78 is 4.95. The molecule has 0 saturated carbocycles. The van der Waals surface area contributed by atoms with Gasteiger partial charge in [0.15, 0.2) is 0 Å². The van der Waals surface area contributed by atoms with E-state index in [1.807, 2.05) is 0 Å². The summed E-state index contributed by atoms with van der Waals surface area (Å²) in [6.07, 6.45) is 1.58. The molecule has 0 radical (unpaired) electrons. The number of aryl methyl sites for hydroxylation is 1. The van der Waals surface area contributed by atoms with E-state index in [4.69, 9.17) is 16.0 Å². The van der Waals surface area contributed by atoms with Gasteiger partial charge in [0.2, 0.25) is 0 Å². The Balaban J connectivity index is 2.99. The maximum Gasteiger partial charge on any atom is 0.293 e. The molecule has 2 aromatic heterocycles. The van der Waals surface area contributed by atoms with Crippen LogP contribution in [-0.4, -0.2) is 10.1 Å². The van der Waals surface area contributed by atoms with E-state index in [0.717, 1.165) is 0 Å². The molecule has 0 amide bonds. The second-order valence-corrected chi connectivity index (χ2v) is 2.89. The monoisotopic (exact) mass is 183 g/mol. The van der Waals surface area contributed by atoms with Gasteiger partial charge in [-0.15, -0.1) is 0 Å². The van der Waals surface area contributed by atoms with E-state index >= 15 is 0 Å². The van der Waals surface area contributed by atoms with Crippen molar-refractivity contribution >= 4 is 22.5 Å². The van der Waals surface area contributed by atoms with Crippen molar-refractivity contribution in [1.82, 2.24) is 4.98 Å². The predicted octanol–water partition coefficient (Wildman–Crippen LogP) is 2.50. The van der Waals surface area contributed by atoms with Gasteiger partial charge in [0.25, 0.3) is 5.95 Å². The maximum absolute atomic E-state index is 9.28. The lowest BCUT2D eigenvalue weighted by Gasteiger charge is -1.90. The van der Waals surface area contributed by atoms with E-state index < -0.39 is 0 Å². The number of hydrogen-bond acceptors (Lipinski definition) is 3. The number of halogens is 1. The largest absolute Gasteiger partial charge is 0.480 e. The molecule has 0 saturated heterocycles. The molecule has 62 valence electrons. The van der Waals surface area contributed by atoms with E-state index in [-0.39, 0.29) is 5.95 Å². The minimum atomic E-state index is -0.166. The van der Waals surface area contributed by atoms with Crippen LogP contribution in [0.15, 0.2) is 16.7 Å². The van der Waals surface area contributed by atoms with Crippen LogP contribution in [0.2, 0.25) is 5.02 Å². The van der Waals surface area contributed by atoms with Crippen molar-refractivity contribution in [3.8, 4) is 5.95 Å². The lowest BCUT2D eigenvalue weighted by atomic mass is 10.3. The minimum absolute atomic E-state index is 0.166. The first kappa shape index (κ1) is 7.43. The summed E-state index contributed by atoms with van der Waals surface area (Å²) >= 11 is 5.82. The highest BCUT2D eigenvalue weighted by molar-refractivity contribution is 6.35. The number of nitrogens with zero attached hydrogens (tertiary/aromatic N) is 1. The summed E-state index contributed by atoms with van der Waals surface area (Å²) in [5.74, 6) is 0.408. The third kappa shape index (κ3) is 0.865. The fourth-order valence-electron chi connectivity index (χ4n) is 1.15. The zero-order valence-electron chi connectivity index (χ0n) is 6.34. The molecule has 4 heteroatoms. The number of fused-ring (bicyclic) bond motifs is 1. The highest BCUT2D eigenvalue weighted by Gasteiger charge is 2.12. The second-order valence-electron chi connectivity index (χ2n) is 2.48. The molecule has 0 aliphatic heterocycles. The molecule has 0 aromatic carbocycles. The van der Waals surface area contributed by atoms with Gasteiger partial charge in [-0.05, 0) is 13.0 Å². The van der Waals surface area contributed by atoms with Gasteiger partial charge in [-0.25, -0.2) is 0 Å². The first-order valence-corrected chi connectivity index (χ1v) is 3.80. The standard InChI is InChI=1S/C8H6ClNO2/c1-4-7-6(8(11)12-4)5(9)2-3-10-7/h2-3,11H,1H3. The van der Waals surface area contributed by atoms with E-state index in [9.17, 15) is 5.11 Å². The molecular weight excluding hydrogens is 178 g/mol. The molecule has 0 atom stereocenters. The number of rotatable bonds is 0. The molecule has 2 heterocycles. The van der Waals surface area contributed by atoms with Crippen LogP contribution in [0.1, 0.15) is 5.76 Å². The number of hydrogen-bond donors (Lipinski definition) is 1. The van der Waals surface area contributed by atoms with Crippen molar-refractivity contribution in [2.45, 2.75) is 6.92 Å². The summed E-state index contributed by atoms with van der Waals surface area (Å²) in [7, 11) is 0. The molecule has 2 aromatic rings. The third-order valence-corrected chi connectivity index (χ3v) is 2.01. The Labute approximate surface area is 73.6 Å². The van der Waals surface area contributed by atoms with Crippen LogP contribution in [0, 0.1) is 6.92 Å². The molecule has 0 unspecified atom stereocenters. The SMILES string of the molecule is Cc1oc(O)c2c(Cl)ccnc12. The first-order chi connectivity index (χ1) is 5.70. The lowest BCUT2D eigenvalue weighted by Crippen LogP contribution is -1.75.